The van der Waals surface area contributed by atoms with Crippen molar-refractivity contribution in [3.63, 3.8) is 0 Å². The van der Waals surface area contributed by atoms with Crippen LogP contribution in [0.3, 0.4) is 0 Å². The van der Waals surface area contributed by atoms with Crippen molar-refractivity contribution in [1.29, 1.82) is 0 Å². The van der Waals surface area contributed by atoms with Gasteiger partial charge in [0, 0.05) is 18.2 Å². The molecule has 0 spiro atoms. The van der Waals surface area contributed by atoms with Crippen LogP contribution in [0.25, 0.3) is 0 Å². The van der Waals surface area contributed by atoms with Crippen LogP contribution in [-0.4, -0.2) is 20.3 Å². The average Bonchev–Trinajstić information content (AvgIpc) is 2.34. The second-order valence-corrected chi connectivity index (χ2v) is 5.65. The molecule has 1 unspecified atom stereocenters. The van der Waals surface area contributed by atoms with Gasteiger partial charge in [0.15, 0.2) is 0 Å². The van der Waals surface area contributed by atoms with Crippen LogP contribution in [0.15, 0.2) is 18.2 Å². The van der Waals surface area contributed by atoms with Gasteiger partial charge in [0.2, 0.25) is 0 Å². The van der Waals surface area contributed by atoms with Crippen molar-refractivity contribution < 1.29 is 9.47 Å². The molecule has 0 aliphatic rings. The van der Waals surface area contributed by atoms with E-state index < -0.39 is 0 Å². The first-order valence-corrected chi connectivity index (χ1v) is 6.32. The number of hydrogen-bond donors (Lipinski definition) is 1. The minimum atomic E-state index is 0.242. The molecule has 0 radical (unpaired) electrons. The Kier molecular flexibility index (Phi) is 5.03. The Hall–Kier alpha value is -1.22. The van der Waals surface area contributed by atoms with Crippen molar-refractivity contribution in [2.75, 3.05) is 14.2 Å². The highest BCUT2D eigenvalue weighted by molar-refractivity contribution is 5.40. The molecule has 0 aromatic heterocycles. The summed E-state index contributed by atoms with van der Waals surface area (Å²) in [6, 6.07) is 6.29. The van der Waals surface area contributed by atoms with Gasteiger partial charge in [-0.3, -0.25) is 0 Å². The zero-order valence-corrected chi connectivity index (χ0v) is 12.3. The van der Waals surface area contributed by atoms with Gasteiger partial charge in [-0.05, 0) is 30.5 Å². The van der Waals surface area contributed by atoms with E-state index in [2.05, 4.69) is 33.0 Å². The van der Waals surface area contributed by atoms with Crippen LogP contribution in [0.1, 0.15) is 33.3 Å². The van der Waals surface area contributed by atoms with Gasteiger partial charge >= 0.3 is 0 Å². The molecular weight excluding hydrogens is 226 g/mol. The van der Waals surface area contributed by atoms with E-state index in [0.717, 1.165) is 23.6 Å². The fraction of sp³-hybridized carbons (Fsp3) is 0.600. The molecule has 0 heterocycles. The van der Waals surface area contributed by atoms with Gasteiger partial charge in [-0.1, -0.05) is 20.8 Å². The lowest BCUT2D eigenvalue weighted by Gasteiger charge is -2.28. The van der Waals surface area contributed by atoms with Crippen LogP contribution in [0.5, 0.6) is 11.5 Å². The largest absolute Gasteiger partial charge is 0.497 e. The topological polar surface area (TPSA) is 30.5 Å². The maximum Gasteiger partial charge on any atom is 0.123 e. The fourth-order valence-corrected chi connectivity index (χ4v) is 1.59. The third-order valence-electron chi connectivity index (χ3n) is 3.39. The molecule has 1 atom stereocenters. The lowest BCUT2D eigenvalue weighted by molar-refractivity contribution is 0.283. The molecule has 3 heteroatoms. The molecule has 0 amide bonds. The molecule has 18 heavy (non-hydrogen) atoms. The summed E-state index contributed by atoms with van der Waals surface area (Å²) in [6.45, 7) is 9.67. The summed E-state index contributed by atoms with van der Waals surface area (Å²) in [7, 11) is 3.37. The van der Waals surface area contributed by atoms with E-state index in [0.29, 0.717) is 6.04 Å². The first kappa shape index (κ1) is 14.8. The van der Waals surface area contributed by atoms with Crippen molar-refractivity contribution in [3.8, 4) is 11.5 Å². The molecule has 0 bridgehead atoms. The van der Waals surface area contributed by atoms with E-state index in [9.17, 15) is 0 Å². The van der Waals surface area contributed by atoms with Crippen LogP contribution in [0.4, 0.5) is 0 Å². The normalized spacial score (nSPS) is 13.2. The molecule has 0 saturated heterocycles. The van der Waals surface area contributed by atoms with Crippen LogP contribution in [0.2, 0.25) is 0 Å². The Morgan fingerprint density at radius 2 is 1.83 bits per heavy atom. The second-order valence-electron chi connectivity index (χ2n) is 5.65. The third-order valence-corrected chi connectivity index (χ3v) is 3.39. The number of hydrogen-bond acceptors (Lipinski definition) is 3. The number of rotatable bonds is 5. The Morgan fingerprint density at radius 3 is 2.33 bits per heavy atom. The number of benzene rings is 1. The second kappa shape index (κ2) is 6.10. The molecule has 1 rings (SSSR count). The van der Waals surface area contributed by atoms with E-state index >= 15 is 0 Å². The predicted octanol–water partition coefficient (Wildman–Crippen LogP) is 3.23. The van der Waals surface area contributed by atoms with E-state index in [1.54, 1.807) is 14.2 Å². The van der Waals surface area contributed by atoms with E-state index in [-0.39, 0.29) is 5.41 Å². The molecule has 0 fully saturated rings. The van der Waals surface area contributed by atoms with Gasteiger partial charge in [-0.15, -0.1) is 0 Å². The molecule has 1 aromatic rings. The van der Waals surface area contributed by atoms with Gasteiger partial charge in [-0.25, -0.2) is 0 Å². The summed E-state index contributed by atoms with van der Waals surface area (Å²) in [5.74, 6) is 1.75. The minimum absolute atomic E-state index is 0.242. The van der Waals surface area contributed by atoms with Crippen molar-refractivity contribution in [2.24, 2.45) is 5.41 Å². The van der Waals surface area contributed by atoms with E-state index in [4.69, 9.17) is 9.47 Å². The molecule has 1 N–H and O–H groups in total. The Morgan fingerprint density at radius 1 is 1.17 bits per heavy atom. The number of methoxy groups -OCH3 is 2. The lowest BCUT2D eigenvalue weighted by Crippen LogP contribution is -2.37. The van der Waals surface area contributed by atoms with Crippen LogP contribution < -0.4 is 14.8 Å². The van der Waals surface area contributed by atoms with Crippen LogP contribution in [-0.2, 0) is 6.54 Å². The quantitative estimate of drug-likeness (QED) is 0.871. The molecule has 0 aliphatic carbocycles. The fourth-order valence-electron chi connectivity index (χ4n) is 1.59. The smallest absolute Gasteiger partial charge is 0.123 e. The summed E-state index contributed by atoms with van der Waals surface area (Å²) in [6.07, 6.45) is 0. The zero-order valence-electron chi connectivity index (χ0n) is 12.3. The van der Waals surface area contributed by atoms with Crippen molar-refractivity contribution in [3.05, 3.63) is 23.8 Å². The Bertz CT molecular complexity index is 383. The number of nitrogens with one attached hydrogen (secondary N) is 1. The maximum atomic E-state index is 5.37. The van der Waals surface area contributed by atoms with Crippen LogP contribution in [0, 0.1) is 5.41 Å². The summed E-state index contributed by atoms with van der Waals surface area (Å²) in [4.78, 5) is 0. The first-order chi connectivity index (χ1) is 8.38. The summed E-state index contributed by atoms with van der Waals surface area (Å²) >= 11 is 0. The standard InChI is InChI=1S/C15H25NO2/c1-11(15(2,3)4)16-10-12-9-13(17-5)7-8-14(12)18-6/h7-9,11,16H,10H2,1-6H3. The molecule has 3 nitrogen and oxygen atoms in total. The first-order valence-electron chi connectivity index (χ1n) is 6.32. The van der Waals surface area contributed by atoms with Gasteiger partial charge in [0.05, 0.1) is 14.2 Å². The number of ether oxygens (including phenoxy) is 2. The van der Waals surface area contributed by atoms with Gasteiger partial charge in [-0.2, -0.15) is 0 Å². The van der Waals surface area contributed by atoms with Crippen molar-refractivity contribution in [2.45, 2.75) is 40.3 Å². The highest BCUT2D eigenvalue weighted by atomic mass is 16.5. The summed E-state index contributed by atoms with van der Waals surface area (Å²) in [5, 5.41) is 3.53. The highest BCUT2D eigenvalue weighted by Crippen LogP contribution is 2.25. The van der Waals surface area contributed by atoms with E-state index in [1.807, 2.05) is 18.2 Å². The molecule has 0 aliphatic heterocycles. The van der Waals surface area contributed by atoms with Crippen LogP contribution >= 0.6 is 0 Å². The molecule has 0 saturated carbocycles. The average molecular weight is 251 g/mol. The van der Waals surface area contributed by atoms with Gasteiger partial charge < -0.3 is 14.8 Å². The summed E-state index contributed by atoms with van der Waals surface area (Å²) in [5.41, 5.74) is 1.36. The Balaban J connectivity index is 2.77. The van der Waals surface area contributed by atoms with Crippen molar-refractivity contribution >= 4 is 0 Å². The zero-order chi connectivity index (χ0) is 13.8. The highest BCUT2D eigenvalue weighted by Gasteiger charge is 2.19. The predicted molar refractivity (Wildman–Crippen MR) is 75.3 cm³/mol. The maximum absolute atomic E-state index is 5.37. The summed E-state index contributed by atoms with van der Waals surface area (Å²) < 4.78 is 10.6. The lowest BCUT2D eigenvalue weighted by atomic mass is 9.88. The van der Waals surface area contributed by atoms with Crippen molar-refractivity contribution in [1.82, 2.24) is 5.32 Å². The molecule has 102 valence electrons. The molecule has 1 aromatic carbocycles. The SMILES string of the molecule is COc1ccc(OC)c(CNC(C)C(C)(C)C)c1. The third kappa shape index (κ3) is 3.91. The minimum Gasteiger partial charge on any atom is -0.497 e. The van der Waals surface area contributed by atoms with E-state index in [1.165, 1.54) is 0 Å². The molecular formula is C15H25NO2. The monoisotopic (exact) mass is 251 g/mol. The van der Waals surface area contributed by atoms with Gasteiger partial charge in [0.25, 0.3) is 0 Å². The van der Waals surface area contributed by atoms with Gasteiger partial charge in [0.1, 0.15) is 11.5 Å². The Labute approximate surface area is 110 Å².